The van der Waals surface area contributed by atoms with Crippen LogP contribution in [0.4, 0.5) is 0 Å². The topological polar surface area (TPSA) is 57.4 Å². The molecule has 0 unspecified atom stereocenters. The Kier molecular flexibility index (Phi) is 4.83. The predicted molar refractivity (Wildman–Crippen MR) is 102 cm³/mol. The summed E-state index contributed by atoms with van der Waals surface area (Å²) in [6.07, 6.45) is 0. The van der Waals surface area contributed by atoms with Gasteiger partial charge in [0.15, 0.2) is 6.61 Å². The minimum Gasteiger partial charge on any atom is -0.497 e. The Labute approximate surface area is 157 Å². The zero-order valence-corrected chi connectivity index (χ0v) is 14.8. The van der Waals surface area contributed by atoms with Gasteiger partial charge in [0.1, 0.15) is 11.5 Å². The Hall–Kier alpha value is -3.60. The lowest BCUT2D eigenvalue weighted by Crippen LogP contribution is -1.95. The second-order valence-electron chi connectivity index (χ2n) is 5.91. The molecule has 0 aliphatic rings. The Morgan fingerprint density at radius 1 is 0.704 bits per heavy atom. The number of ether oxygens (including phenoxy) is 2. The molecule has 4 rings (SSSR count). The van der Waals surface area contributed by atoms with Gasteiger partial charge in [0.2, 0.25) is 5.89 Å². The number of benzene rings is 3. The molecule has 134 valence electrons. The first-order valence-electron chi connectivity index (χ1n) is 8.57. The molecular weight excluding hydrogens is 340 g/mol. The number of aromatic nitrogens is 2. The highest BCUT2D eigenvalue weighted by Crippen LogP contribution is 2.24. The van der Waals surface area contributed by atoms with Gasteiger partial charge in [-0.15, -0.1) is 10.2 Å². The molecule has 4 aromatic rings. The second kappa shape index (κ2) is 7.74. The molecule has 5 heteroatoms. The van der Waals surface area contributed by atoms with Crippen molar-refractivity contribution < 1.29 is 13.9 Å². The van der Waals surface area contributed by atoms with Crippen LogP contribution in [0.3, 0.4) is 0 Å². The van der Waals surface area contributed by atoms with Gasteiger partial charge < -0.3 is 13.9 Å². The summed E-state index contributed by atoms with van der Waals surface area (Å²) in [5.41, 5.74) is 3.15. The van der Waals surface area contributed by atoms with Crippen molar-refractivity contribution in [3.8, 4) is 34.1 Å². The van der Waals surface area contributed by atoms with Crippen molar-refractivity contribution in [1.82, 2.24) is 10.2 Å². The average Bonchev–Trinajstić information content (AvgIpc) is 3.22. The SMILES string of the molecule is COc1ccc(-c2nnc(COc3ccc(-c4ccccc4)cc3)o2)cc1. The van der Waals surface area contributed by atoms with Crippen LogP contribution in [0.5, 0.6) is 11.5 Å². The van der Waals surface area contributed by atoms with Crippen LogP contribution in [0.15, 0.2) is 83.3 Å². The smallest absolute Gasteiger partial charge is 0.254 e. The van der Waals surface area contributed by atoms with Gasteiger partial charge in [0.25, 0.3) is 5.89 Å². The van der Waals surface area contributed by atoms with E-state index in [-0.39, 0.29) is 6.61 Å². The molecule has 0 aliphatic carbocycles. The maximum Gasteiger partial charge on any atom is 0.254 e. The number of nitrogens with zero attached hydrogens (tertiary/aromatic N) is 2. The fourth-order valence-corrected chi connectivity index (χ4v) is 2.68. The van der Waals surface area contributed by atoms with E-state index in [2.05, 4.69) is 22.3 Å². The van der Waals surface area contributed by atoms with Crippen molar-refractivity contribution >= 4 is 0 Å². The van der Waals surface area contributed by atoms with Crippen molar-refractivity contribution in [3.05, 3.63) is 84.8 Å². The molecule has 0 radical (unpaired) electrons. The minimum absolute atomic E-state index is 0.216. The average molecular weight is 358 g/mol. The molecule has 0 N–H and O–H groups in total. The normalized spacial score (nSPS) is 10.6. The molecule has 5 nitrogen and oxygen atoms in total. The third kappa shape index (κ3) is 3.98. The molecule has 0 saturated heterocycles. The standard InChI is InChI=1S/C22H18N2O3/c1-25-19-11-9-18(10-12-19)22-24-23-21(27-22)15-26-20-13-7-17(8-14-20)16-5-3-2-4-6-16/h2-14H,15H2,1H3. The lowest BCUT2D eigenvalue weighted by molar-refractivity contribution is 0.264. The highest BCUT2D eigenvalue weighted by atomic mass is 16.5. The van der Waals surface area contributed by atoms with E-state index in [1.54, 1.807) is 7.11 Å². The maximum absolute atomic E-state index is 5.75. The predicted octanol–water partition coefficient (Wildman–Crippen LogP) is 4.99. The summed E-state index contributed by atoms with van der Waals surface area (Å²) in [5, 5.41) is 8.11. The largest absolute Gasteiger partial charge is 0.497 e. The summed E-state index contributed by atoms with van der Waals surface area (Å²) in [6, 6.07) is 25.6. The molecule has 0 atom stereocenters. The van der Waals surface area contributed by atoms with E-state index in [0.717, 1.165) is 22.6 Å². The van der Waals surface area contributed by atoms with Crippen LogP contribution < -0.4 is 9.47 Å². The van der Waals surface area contributed by atoms with E-state index in [1.807, 2.05) is 66.7 Å². The van der Waals surface area contributed by atoms with Crippen molar-refractivity contribution in [2.24, 2.45) is 0 Å². The molecule has 0 spiro atoms. The van der Waals surface area contributed by atoms with Gasteiger partial charge in [-0.3, -0.25) is 0 Å². The van der Waals surface area contributed by atoms with Crippen LogP contribution in [0.2, 0.25) is 0 Å². The van der Waals surface area contributed by atoms with Crippen LogP contribution in [0.25, 0.3) is 22.6 Å². The van der Waals surface area contributed by atoms with E-state index in [1.165, 1.54) is 5.56 Å². The van der Waals surface area contributed by atoms with E-state index < -0.39 is 0 Å². The van der Waals surface area contributed by atoms with E-state index in [0.29, 0.717) is 11.8 Å². The molecule has 0 aliphatic heterocycles. The first-order valence-corrected chi connectivity index (χ1v) is 8.57. The molecule has 0 bridgehead atoms. The van der Waals surface area contributed by atoms with E-state index in [4.69, 9.17) is 13.9 Å². The van der Waals surface area contributed by atoms with Gasteiger partial charge in [-0.1, -0.05) is 42.5 Å². The molecule has 27 heavy (non-hydrogen) atoms. The van der Waals surface area contributed by atoms with Crippen molar-refractivity contribution in [3.63, 3.8) is 0 Å². The third-order valence-electron chi connectivity index (χ3n) is 4.13. The zero-order valence-electron chi connectivity index (χ0n) is 14.8. The van der Waals surface area contributed by atoms with E-state index >= 15 is 0 Å². The molecule has 3 aromatic carbocycles. The van der Waals surface area contributed by atoms with Crippen molar-refractivity contribution in [2.75, 3.05) is 7.11 Å². The lowest BCUT2D eigenvalue weighted by atomic mass is 10.1. The fraction of sp³-hybridized carbons (Fsp3) is 0.0909. The summed E-state index contributed by atoms with van der Waals surface area (Å²) in [5.74, 6) is 2.41. The third-order valence-corrected chi connectivity index (χ3v) is 4.13. The van der Waals surface area contributed by atoms with Crippen LogP contribution >= 0.6 is 0 Å². The van der Waals surface area contributed by atoms with Gasteiger partial charge in [-0.25, -0.2) is 0 Å². The number of rotatable bonds is 6. The fourth-order valence-electron chi connectivity index (χ4n) is 2.68. The zero-order chi connectivity index (χ0) is 18.5. The van der Waals surface area contributed by atoms with Crippen LogP contribution in [-0.4, -0.2) is 17.3 Å². The second-order valence-corrected chi connectivity index (χ2v) is 5.91. The van der Waals surface area contributed by atoms with Crippen LogP contribution in [0, 0.1) is 0 Å². The molecule has 1 aromatic heterocycles. The Morgan fingerprint density at radius 2 is 1.33 bits per heavy atom. The van der Waals surface area contributed by atoms with Crippen LogP contribution in [0.1, 0.15) is 5.89 Å². The molecule has 0 fully saturated rings. The van der Waals surface area contributed by atoms with Crippen LogP contribution in [-0.2, 0) is 6.61 Å². The molecule has 1 heterocycles. The monoisotopic (exact) mass is 358 g/mol. The Balaban J connectivity index is 1.39. The highest BCUT2D eigenvalue weighted by Gasteiger charge is 2.09. The number of hydrogen-bond acceptors (Lipinski definition) is 5. The Morgan fingerprint density at radius 3 is 2.04 bits per heavy atom. The molecular formula is C22H18N2O3. The first kappa shape index (κ1) is 16.8. The van der Waals surface area contributed by atoms with Crippen molar-refractivity contribution in [1.29, 1.82) is 0 Å². The van der Waals surface area contributed by atoms with Crippen molar-refractivity contribution in [2.45, 2.75) is 6.61 Å². The number of methoxy groups -OCH3 is 1. The minimum atomic E-state index is 0.216. The van der Waals surface area contributed by atoms with E-state index in [9.17, 15) is 0 Å². The lowest BCUT2D eigenvalue weighted by Gasteiger charge is -2.05. The van der Waals surface area contributed by atoms with Gasteiger partial charge in [-0.2, -0.15) is 0 Å². The summed E-state index contributed by atoms with van der Waals surface area (Å²) >= 11 is 0. The van der Waals surface area contributed by atoms with Gasteiger partial charge in [0.05, 0.1) is 7.11 Å². The maximum atomic E-state index is 5.75. The summed E-state index contributed by atoms with van der Waals surface area (Å²) in [6.45, 7) is 0.216. The highest BCUT2D eigenvalue weighted by molar-refractivity contribution is 5.63. The first-order chi connectivity index (χ1) is 13.3. The van der Waals surface area contributed by atoms with Gasteiger partial charge in [-0.05, 0) is 47.5 Å². The molecule has 0 saturated carbocycles. The quantitative estimate of drug-likeness (QED) is 0.486. The summed E-state index contributed by atoms with van der Waals surface area (Å²) < 4.78 is 16.6. The summed E-state index contributed by atoms with van der Waals surface area (Å²) in [4.78, 5) is 0. The Bertz CT molecular complexity index is 994. The van der Waals surface area contributed by atoms with Gasteiger partial charge >= 0.3 is 0 Å². The molecule has 0 amide bonds. The van der Waals surface area contributed by atoms with Gasteiger partial charge in [0, 0.05) is 5.56 Å². The summed E-state index contributed by atoms with van der Waals surface area (Å²) in [7, 11) is 1.63. The number of hydrogen-bond donors (Lipinski definition) is 0.